The SMILES string of the molecule is NCCCC(Cl)CS(=O)(=O)CC(Cl)CCCN. The highest BCUT2D eigenvalue weighted by atomic mass is 35.5. The van der Waals surface area contributed by atoms with Gasteiger partial charge in [0.15, 0.2) is 9.84 Å². The Bertz CT molecular complexity index is 264. The summed E-state index contributed by atoms with van der Waals surface area (Å²) in [5.74, 6) is -0.0548. The van der Waals surface area contributed by atoms with Crippen molar-refractivity contribution in [3.63, 3.8) is 0 Å². The molecule has 0 aliphatic rings. The second-order valence-corrected chi connectivity index (χ2v) is 7.52. The molecule has 0 aromatic rings. The van der Waals surface area contributed by atoms with Crippen LogP contribution < -0.4 is 11.5 Å². The first-order valence-corrected chi connectivity index (χ1v) is 8.49. The van der Waals surface area contributed by atoms with Crippen molar-refractivity contribution in [1.82, 2.24) is 0 Å². The third-order valence-electron chi connectivity index (χ3n) is 2.31. The molecule has 0 aromatic heterocycles. The molecule has 4 N–H and O–H groups in total. The number of nitrogens with two attached hydrogens (primary N) is 2. The van der Waals surface area contributed by atoms with E-state index in [0.717, 1.165) is 12.8 Å². The molecule has 0 amide bonds. The van der Waals surface area contributed by atoms with E-state index in [2.05, 4.69) is 0 Å². The third-order valence-corrected chi connectivity index (χ3v) is 5.24. The Kier molecular flexibility index (Phi) is 9.64. The zero-order valence-electron chi connectivity index (χ0n) is 9.95. The summed E-state index contributed by atoms with van der Waals surface area (Å²) in [7, 11) is -3.19. The van der Waals surface area contributed by atoms with Gasteiger partial charge >= 0.3 is 0 Å². The first kappa shape index (κ1) is 17.4. The van der Waals surface area contributed by atoms with Crippen molar-refractivity contribution in [2.45, 2.75) is 36.4 Å². The highest BCUT2D eigenvalue weighted by Crippen LogP contribution is 2.13. The van der Waals surface area contributed by atoms with Crippen LogP contribution in [0, 0.1) is 0 Å². The molecule has 0 aromatic carbocycles. The maximum atomic E-state index is 11.7. The molecule has 0 fully saturated rings. The normalized spacial score (nSPS) is 15.8. The van der Waals surface area contributed by atoms with Crippen LogP contribution in [-0.4, -0.2) is 43.8 Å². The molecule has 104 valence electrons. The Morgan fingerprint density at radius 2 is 1.24 bits per heavy atom. The quantitative estimate of drug-likeness (QED) is 0.592. The summed E-state index contributed by atoms with van der Waals surface area (Å²) in [6, 6.07) is 0. The van der Waals surface area contributed by atoms with Crippen molar-refractivity contribution in [3.05, 3.63) is 0 Å². The van der Waals surface area contributed by atoms with Crippen molar-refractivity contribution in [2.24, 2.45) is 11.5 Å². The maximum absolute atomic E-state index is 11.7. The minimum absolute atomic E-state index is 0.0274. The van der Waals surface area contributed by atoms with E-state index in [1.54, 1.807) is 0 Å². The number of sulfone groups is 1. The van der Waals surface area contributed by atoms with Gasteiger partial charge < -0.3 is 11.5 Å². The van der Waals surface area contributed by atoms with Gasteiger partial charge in [0.1, 0.15) is 0 Å². The van der Waals surface area contributed by atoms with E-state index in [0.29, 0.717) is 25.9 Å². The first-order valence-electron chi connectivity index (χ1n) is 5.80. The summed E-state index contributed by atoms with van der Waals surface area (Å²) in [5, 5.41) is -0.746. The number of hydrogen-bond acceptors (Lipinski definition) is 4. The summed E-state index contributed by atoms with van der Waals surface area (Å²) in [4.78, 5) is 0. The van der Waals surface area contributed by atoms with Crippen LogP contribution in [0.2, 0.25) is 0 Å². The zero-order valence-corrected chi connectivity index (χ0v) is 12.3. The van der Waals surface area contributed by atoms with Crippen molar-refractivity contribution in [2.75, 3.05) is 24.6 Å². The summed E-state index contributed by atoms with van der Waals surface area (Å²) in [5.41, 5.74) is 10.7. The number of rotatable bonds is 10. The van der Waals surface area contributed by atoms with Crippen LogP contribution in [0.4, 0.5) is 0 Å². The number of alkyl halides is 2. The molecular weight excluding hydrogens is 283 g/mol. The van der Waals surface area contributed by atoms with Gasteiger partial charge in [-0.2, -0.15) is 0 Å². The second-order valence-electron chi connectivity index (χ2n) is 4.13. The molecule has 0 bridgehead atoms. The van der Waals surface area contributed by atoms with Gasteiger partial charge in [-0.1, -0.05) is 0 Å². The Balaban J connectivity index is 4.01. The van der Waals surface area contributed by atoms with E-state index in [9.17, 15) is 8.42 Å². The summed E-state index contributed by atoms with van der Waals surface area (Å²) < 4.78 is 23.5. The zero-order chi connectivity index (χ0) is 13.3. The molecule has 0 saturated carbocycles. The van der Waals surface area contributed by atoms with Gasteiger partial charge in [-0.15, -0.1) is 23.2 Å². The Labute approximate surface area is 114 Å². The minimum Gasteiger partial charge on any atom is -0.330 e. The van der Waals surface area contributed by atoms with Crippen LogP contribution in [0.1, 0.15) is 25.7 Å². The van der Waals surface area contributed by atoms with Crippen LogP contribution in [0.3, 0.4) is 0 Å². The average Bonchev–Trinajstić information content (AvgIpc) is 2.22. The second kappa shape index (κ2) is 9.39. The van der Waals surface area contributed by atoms with Gasteiger partial charge in [-0.25, -0.2) is 8.42 Å². The van der Waals surface area contributed by atoms with E-state index < -0.39 is 9.84 Å². The van der Waals surface area contributed by atoms with E-state index in [-0.39, 0.29) is 22.3 Å². The monoisotopic (exact) mass is 304 g/mol. The average molecular weight is 305 g/mol. The third kappa shape index (κ3) is 10.1. The first-order chi connectivity index (χ1) is 7.91. The lowest BCUT2D eigenvalue weighted by atomic mass is 10.2. The maximum Gasteiger partial charge on any atom is 0.153 e. The van der Waals surface area contributed by atoms with E-state index in [1.807, 2.05) is 0 Å². The van der Waals surface area contributed by atoms with E-state index in [4.69, 9.17) is 34.7 Å². The van der Waals surface area contributed by atoms with Crippen molar-refractivity contribution >= 4 is 33.0 Å². The van der Waals surface area contributed by atoms with Crippen molar-refractivity contribution in [3.8, 4) is 0 Å². The van der Waals surface area contributed by atoms with Gasteiger partial charge in [0, 0.05) is 10.8 Å². The van der Waals surface area contributed by atoms with Crippen LogP contribution in [0.25, 0.3) is 0 Å². The highest BCUT2D eigenvalue weighted by molar-refractivity contribution is 7.91. The molecule has 0 radical (unpaired) electrons. The van der Waals surface area contributed by atoms with E-state index >= 15 is 0 Å². The summed E-state index contributed by atoms with van der Waals surface area (Å²) >= 11 is 11.9. The topological polar surface area (TPSA) is 86.2 Å². The number of hydrogen-bond donors (Lipinski definition) is 2. The molecule has 0 aliphatic carbocycles. The van der Waals surface area contributed by atoms with Crippen LogP contribution in [-0.2, 0) is 9.84 Å². The molecule has 4 nitrogen and oxygen atoms in total. The molecule has 0 saturated heterocycles. The molecule has 17 heavy (non-hydrogen) atoms. The predicted molar refractivity (Wildman–Crippen MR) is 74.5 cm³/mol. The van der Waals surface area contributed by atoms with Crippen LogP contribution in [0.15, 0.2) is 0 Å². The van der Waals surface area contributed by atoms with Gasteiger partial charge in [-0.3, -0.25) is 0 Å². The largest absolute Gasteiger partial charge is 0.330 e. The summed E-state index contributed by atoms with van der Waals surface area (Å²) in [6.45, 7) is 1.05. The predicted octanol–water partition coefficient (Wildman–Crippen LogP) is 1.09. The van der Waals surface area contributed by atoms with Crippen molar-refractivity contribution < 1.29 is 8.42 Å². The molecular formula is C10H22Cl2N2O2S. The molecule has 0 spiro atoms. The van der Waals surface area contributed by atoms with Crippen molar-refractivity contribution in [1.29, 1.82) is 0 Å². The standard InChI is InChI=1S/C10H22Cl2N2O2S/c11-9(3-1-5-13)7-17(15,16)8-10(12)4-2-6-14/h9-10H,1-8,13-14H2. The molecule has 2 atom stereocenters. The fraction of sp³-hybridized carbons (Fsp3) is 1.00. The Morgan fingerprint density at radius 1 is 0.882 bits per heavy atom. The molecule has 0 aliphatic heterocycles. The Hall–Kier alpha value is 0.450. The number of halogens is 2. The minimum atomic E-state index is -3.19. The fourth-order valence-corrected chi connectivity index (χ4v) is 4.50. The lowest BCUT2D eigenvalue weighted by Gasteiger charge is -2.12. The Morgan fingerprint density at radius 3 is 1.53 bits per heavy atom. The fourth-order valence-electron chi connectivity index (χ4n) is 1.46. The van der Waals surface area contributed by atoms with Crippen LogP contribution in [0.5, 0.6) is 0 Å². The highest BCUT2D eigenvalue weighted by Gasteiger charge is 2.20. The lowest BCUT2D eigenvalue weighted by Crippen LogP contribution is -2.25. The van der Waals surface area contributed by atoms with Gasteiger partial charge in [-0.05, 0) is 38.8 Å². The molecule has 0 rings (SSSR count). The lowest BCUT2D eigenvalue weighted by molar-refractivity contribution is 0.585. The van der Waals surface area contributed by atoms with Crippen LogP contribution >= 0.6 is 23.2 Å². The smallest absolute Gasteiger partial charge is 0.153 e. The van der Waals surface area contributed by atoms with Gasteiger partial charge in [0.05, 0.1) is 11.5 Å². The molecule has 2 unspecified atom stereocenters. The van der Waals surface area contributed by atoms with Gasteiger partial charge in [0.2, 0.25) is 0 Å². The molecule has 7 heteroatoms. The van der Waals surface area contributed by atoms with Gasteiger partial charge in [0.25, 0.3) is 0 Å². The molecule has 0 heterocycles. The van der Waals surface area contributed by atoms with E-state index in [1.165, 1.54) is 0 Å². The summed E-state index contributed by atoms with van der Waals surface area (Å²) in [6.07, 6.45) is 2.71.